The van der Waals surface area contributed by atoms with Crippen molar-refractivity contribution in [1.82, 2.24) is 10.6 Å². The van der Waals surface area contributed by atoms with Gasteiger partial charge in [0, 0.05) is 18.5 Å². The van der Waals surface area contributed by atoms with Crippen molar-refractivity contribution in [2.24, 2.45) is 11.7 Å². The molecule has 0 heterocycles. The quantitative estimate of drug-likeness (QED) is 0.465. The van der Waals surface area contributed by atoms with E-state index >= 15 is 0 Å². The molecule has 0 saturated heterocycles. The zero-order chi connectivity index (χ0) is 20.1. The van der Waals surface area contributed by atoms with E-state index in [0.717, 1.165) is 25.7 Å². The van der Waals surface area contributed by atoms with Gasteiger partial charge < -0.3 is 26.2 Å². The van der Waals surface area contributed by atoms with Gasteiger partial charge in [-0.3, -0.25) is 9.59 Å². The van der Waals surface area contributed by atoms with E-state index in [4.69, 9.17) is 10.5 Å². The molecule has 2 amide bonds. The number of aliphatic carboxylic acids is 1. The number of carbonyl (C=O) groups excluding carboxylic acids is 2. The summed E-state index contributed by atoms with van der Waals surface area (Å²) in [5.41, 5.74) is 6.64. The van der Waals surface area contributed by atoms with Gasteiger partial charge in [0.05, 0.1) is 18.2 Å². The summed E-state index contributed by atoms with van der Waals surface area (Å²) in [7, 11) is 0. The second kappa shape index (κ2) is 9.32. The van der Waals surface area contributed by atoms with Gasteiger partial charge in [0.25, 0.3) is 0 Å². The van der Waals surface area contributed by atoms with Gasteiger partial charge in [-0.2, -0.15) is 0 Å². The van der Waals surface area contributed by atoms with Crippen molar-refractivity contribution in [3.05, 3.63) is 11.6 Å². The minimum atomic E-state index is -1.02. The van der Waals surface area contributed by atoms with Crippen molar-refractivity contribution < 1.29 is 24.2 Å². The summed E-state index contributed by atoms with van der Waals surface area (Å²) >= 11 is 0. The van der Waals surface area contributed by atoms with Crippen LogP contribution in [0.4, 0.5) is 0 Å². The molecule has 4 atom stereocenters. The molecule has 0 aromatic heterocycles. The molecule has 0 aromatic rings. The highest BCUT2D eigenvalue weighted by Gasteiger charge is 2.40. The number of carboxylic acid groups (broad SMARTS) is 1. The lowest BCUT2D eigenvalue weighted by Gasteiger charge is -2.37. The van der Waals surface area contributed by atoms with Crippen LogP contribution < -0.4 is 16.4 Å². The molecular formula is C19H31N3O5. The maximum atomic E-state index is 12.6. The van der Waals surface area contributed by atoms with E-state index in [0.29, 0.717) is 5.57 Å². The van der Waals surface area contributed by atoms with Crippen molar-refractivity contribution in [1.29, 1.82) is 0 Å². The number of amides is 2. The van der Waals surface area contributed by atoms with Crippen molar-refractivity contribution >= 4 is 17.8 Å². The Balaban J connectivity index is 2.18. The first-order valence-electron chi connectivity index (χ1n) is 9.69. The van der Waals surface area contributed by atoms with E-state index in [9.17, 15) is 19.5 Å². The molecular weight excluding hydrogens is 350 g/mol. The number of carbonyl (C=O) groups is 3. The number of hydrogen-bond acceptors (Lipinski definition) is 5. The van der Waals surface area contributed by atoms with Gasteiger partial charge in [0.1, 0.15) is 6.04 Å². The van der Waals surface area contributed by atoms with Crippen LogP contribution in [-0.2, 0) is 19.1 Å². The number of hydrogen-bond donors (Lipinski definition) is 4. The van der Waals surface area contributed by atoms with Crippen LogP contribution >= 0.6 is 0 Å². The average Bonchev–Trinajstić information content (AvgIpc) is 3.43. The maximum absolute atomic E-state index is 12.6. The largest absolute Gasteiger partial charge is 0.480 e. The predicted octanol–water partition coefficient (Wildman–Crippen LogP) is 0.702. The summed E-state index contributed by atoms with van der Waals surface area (Å²) in [6.45, 7) is 5.43. The summed E-state index contributed by atoms with van der Waals surface area (Å²) in [6.07, 6.45) is 4.59. The Morgan fingerprint density at radius 2 is 1.93 bits per heavy atom. The van der Waals surface area contributed by atoms with Crippen LogP contribution in [0.15, 0.2) is 11.6 Å². The fourth-order valence-electron chi connectivity index (χ4n) is 3.46. The lowest BCUT2D eigenvalue weighted by Crippen LogP contribution is -2.57. The Bertz CT molecular complexity index is 598. The molecule has 5 N–H and O–H groups in total. The van der Waals surface area contributed by atoms with Crippen LogP contribution in [0.2, 0.25) is 0 Å². The topological polar surface area (TPSA) is 131 Å². The van der Waals surface area contributed by atoms with Crippen molar-refractivity contribution in [3.63, 3.8) is 0 Å². The third kappa shape index (κ3) is 5.77. The third-order valence-corrected chi connectivity index (χ3v) is 5.20. The Morgan fingerprint density at radius 3 is 2.41 bits per heavy atom. The van der Waals surface area contributed by atoms with Gasteiger partial charge in [-0.05, 0) is 44.1 Å². The number of nitrogens with two attached hydrogens (primary N) is 1. The van der Waals surface area contributed by atoms with Gasteiger partial charge in [-0.15, -0.1) is 0 Å². The molecule has 0 aliphatic heterocycles. The predicted molar refractivity (Wildman–Crippen MR) is 99.8 cm³/mol. The molecule has 27 heavy (non-hydrogen) atoms. The molecule has 8 heteroatoms. The second-order valence-corrected chi connectivity index (χ2v) is 7.45. The number of ether oxygens (including phenoxy) is 1. The smallest absolute Gasteiger partial charge is 0.326 e. The standard InChI is InChI=1S/C19H31N3O5/c1-4-13(5-2)27-15-9-12(8-14(20)17(15)21-10(3)23)18(24)22-16(19(25)26)11-6-7-11/h9,11,13-17H,4-8,20H2,1-3H3,(H,21,23)(H,22,24)(H,25,26)/t14-,15+,16+,17+/m0/s1. The normalized spacial score (nSPS) is 26.3. The van der Waals surface area contributed by atoms with Gasteiger partial charge in [0.15, 0.2) is 0 Å². The van der Waals surface area contributed by atoms with Crippen molar-refractivity contribution in [2.45, 2.75) is 83.2 Å². The minimum Gasteiger partial charge on any atom is -0.480 e. The number of nitrogens with one attached hydrogen (secondary N) is 2. The Kier molecular flexibility index (Phi) is 7.38. The molecule has 0 radical (unpaired) electrons. The highest BCUT2D eigenvalue weighted by Crippen LogP contribution is 2.33. The van der Waals surface area contributed by atoms with E-state index in [1.54, 1.807) is 6.08 Å². The van der Waals surface area contributed by atoms with Crippen molar-refractivity contribution in [3.8, 4) is 0 Å². The SMILES string of the molecule is CCC(CC)O[C@@H]1C=C(C(=O)N[C@@H](C(=O)O)C2CC2)C[C@H](N)[C@H]1NC(C)=O. The molecule has 0 aromatic carbocycles. The van der Waals surface area contributed by atoms with E-state index < -0.39 is 36.1 Å². The molecule has 152 valence electrons. The summed E-state index contributed by atoms with van der Waals surface area (Å²) in [5, 5.41) is 14.8. The Hall–Kier alpha value is -1.93. The fraction of sp³-hybridized carbons (Fsp3) is 0.737. The van der Waals surface area contributed by atoms with Crippen LogP contribution in [0.25, 0.3) is 0 Å². The molecule has 1 saturated carbocycles. The van der Waals surface area contributed by atoms with Crippen LogP contribution in [0, 0.1) is 5.92 Å². The molecule has 2 rings (SSSR count). The first-order valence-corrected chi connectivity index (χ1v) is 9.69. The van der Waals surface area contributed by atoms with E-state index in [1.165, 1.54) is 6.92 Å². The Morgan fingerprint density at radius 1 is 1.30 bits per heavy atom. The van der Waals surface area contributed by atoms with Crippen LogP contribution in [0.1, 0.15) is 52.9 Å². The van der Waals surface area contributed by atoms with Gasteiger partial charge in [-0.25, -0.2) is 4.79 Å². The average molecular weight is 381 g/mol. The molecule has 0 spiro atoms. The molecule has 2 aliphatic rings. The zero-order valence-corrected chi connectivity index (χ0v) is 16.2. The maximum Gasteiger partial charge on any atom is 0.326 e. The van der Waals surface area contributed by atoms with E-state index in [2.05, 4.69) is 10.6 Å². The van der Waals surface area contributed by atoms with Gasteiger partial charge in [0.2, 0.25) is 11.8 Å². The lowest BCUT2D eigenvalue weighted by molar-refractivity contribution is -0.142. The number of carboxylic acids is 1. The minimum absolute atomic E-state index is 0.00643. The number of rotatable bonds is 9. The second-order valence-electron chi connectivity index (χ2n) is 7.45. The molecule has 0 bridgehead atoms. The Labute approximate surface area is 159 Å². The zero-order valence-electron chi connectivity index (χ0n) is 16.2. The molecule has 1 fully saturated rings. The summed E-state index contributed by atoms with van der Waals surface area (Å²) in [5.74, 6) is -1.67. The van der Waals surface area contributed by atoms with Gasteiger partial charge in [-0.1, -0.05) is 13.8 Å². The van der Waals surface area contributed by atoms with E-state index in [-0.39, 0.29) is 24.3 Å². The summed E-state index contributed by atoms with van der Waals surface area (Å²) < 4.78 is 6.10. The monoisotopic (exact) mass is 381 g/mol. The fourth-order valence-corrected chi connectivity index (χ4v) is 3.46. The van der Waals surface area contributed by atoms with Crippen LogP contribution in [0.5, 0.6) is 0 Å². The van der Waals surface area contributed by atoms with Crippen LogP contribution in [-0.4, -0.2) is 53.2 Å². The first-order chi connectivity index (χ1) is 12.8. The highest BCUT2D eigenvalue weighted by atomic mass is 16.5. The third-order valence-electron chi connectivity index (χ3n) is 5.20. The molecule has 0 unspecified atom stereocenters. The van der Waals surface area contributed by atoms with E-state index in [1.807, 2.05) is 13.8 Å². The van der Waals surface area contributed by atoms with Crippen molar-refractivity contribution in [2.75, 3.05) is 0 Å². The lowest BCUT2D eigenvalue weighted by atomic mass is 9.87. The summed E-state index contributed by atoms with van der Waals surface area (Å²) in [6, 6.07) is -1.80. The van der Waals surface area contributed by atoms with Crippen LogP contribution in [0.3, 0.4) is 0 Å². The summed E-state index contributed by atoms with van der Waals surface area (Å²) in [4.78, 5) is 35.6. The highest BCUT2D eigenvalue weighted by molar-refractivity contribution is 5.96. The molecule has 2 aliphatic carbocycles. The van der Waals surface area contributed by atoms with Gasteiger partial charge >= 0.3 is 5.97 Å². The molecule has 8 nitrogen and oxygen atoms in total. The first kappa shape index (κ1) is 21.4.